The molecular weight excluding hydrogens is 631 g/mol. The fourth-order valence-corrected chi connectivity index (χ4v) is 6.00. The van der Waals surface area contributed by atoms with E-state index in [1.807, 2.05) is 10.6 Å². The van der Waals surface area contributed by atoms with E-state index in [4.69, 9.17) is 9.47 Å². The first-order chi connectivity index (χ1) is 19.5. The molecule has 2 atom stereocenters. The van der Waals surface area contributed by atoms with E-state index in [0.29, 0.717) is 30.4 Å². The maximum Gasteiger partial charge on any atom is 0.419 e. The first-order valence-electron chi connectivity index (χ1n) is 14.1. The van der Waals surface area contributed by atoms with Gasteiger partial charge in [0.05, 0.1) is 17.3 Å². The van der Waals surface area contributed by atoms with Crippen LogP contribution in [0.4, 0.5) is 23.9 Å². The van der Waals surface area contributed by atoms with Crippen LogP contribution in [0.1, 0.15) is 45.6 Å². The lowest BCUT2D eigenvalue weighted by Gasteiger charge is -2.25. The molecule has 3 aromatic rings. The molecule has 0 saturated heterocycles. The number of alkyl carbamates (subject to hydrolysis) is 1. The number of carbonyl (C=O) groups excluding carboxylic acids is 1. The Hall–Kier alpha value is -2.64. The van der Waals surface area contributed by atoms with E-state index >= 15 is 0 Å². The Balaban J connectivity index is 1.65. The van der Waals surface area contributed by atoms with Crippen LogP contribution in [0.25, 0.3) is 22.2 Å². The largest absolute Gasteiger partial charge is 0.444 e. The molecule has 13 heteroatoms. The number of benzene rings is 1. The van der Waals surface area contributed by atoms with Crippen molar-refractivity contribution in [1.82, 2.24) is 19.9 Å². The molecule has 230 valence electrons. The number of alkyl halides is 3. The third-order valence-electron chi connectivity index (χ3n) is 6.95. The van der Waals surface area contributed by atoms with Crippen molar-refractivity contribution in [2.75, 3.05) is 11.9 Å². The van der Waals surface area contributed by atoms with Crippen molar-refractivity contribution in [3.05, 3.63) is 40.6 Å². The Bertz CT molecular complexity index is 1420. The highest BCUT2D eigenvalue weighted by atomic mass is 79.9. The van der Waals surface area contributed by atoms with Gasteiger partial charge in [-0.25, -0.2) is 14.8 Å². The first kappa shape index (κ1) is 32.3. The second-order valence-corrected chi connectivity index (χ2v) is 19.4. The van der Waals surface area contributed by atoms with E-state index in [1.54, 1.807) is 39.1 Å². The third-order valence-corrected chi connectivity index (χ3v) is 9.15. The Morgan fingerprint density at radius 1 is 1.17 bits per heavy atom. The summed E-state index contributed by atoms with van der Waals surface area (Å²) in [6.45, 7) is 12.9. The summed E-state index contributed by atoms with van der Waals surface area (Å²) in [6.07, 6.45) is -0.503. The summed E-state index contributed by atoms with van der Waals surface area (Å²) in [4.78, 5) is 20.8. The number of carbonyl (C=O) groups is 1. The highest BCUT2D eigenvalue weighted by Gasteiger charge is 2.37. The van der Waals surface area contributed by atoms with Crippen LogP contribution in [0.15, 0.2) is 35.1 Å². The molecular formula is C29H39BrF3N5O3Si. The number of hydrogen-bond donors (Lipinski definition) is 2. The van der Waals surface area contributed by atoms with Gasteiger partial charge in [-0.1, -0.05) is 41.6 Å². The number of fused-ring (bicyclic) bond motifs is 1. The maximum absolute atomic E-state index is 14.2. The van der Waals surface area contributed by atoms with Gasteiger partial charge in [0.25, 0.3) is 0 Å². The molecule has 0 aliphatic heterocycles. The molecule has 0 bridgehead atoms. The molecule has 8 nitrogen and oxygen atoms in total. The van der Waals surface area contributed by atoms with E-state index in [1.165, 1.54) is 0 Å². The summed E-state index contributed by atoms with van der Waals surface area (Å²) in [5.41, 5.74) is -0.733. The highest BCUT2D eigenvalue weighted by molar-refractivity contribution is 9.10. The van der Waals surface area contributed by atoms with Gasteiger partial charge in [-0.05, 0) is 58.2 Å². The normalized spacial score (nSPS) is 18.0. The van der Waals surface area contributed by atoms with Crippen LogP contribution in [0, 0.1) is 0 Å². The number of nitrogens with zero attached hydrogens (tertiary/aromatic N) is 3. The minimum Gasteiger partial charge on any atom is -0.444 e. The highest BCUT2D eigenvalue weighted by Crippen LogP contribution is 2.40. The topological polar surface area (TPSA) is 90.3 Å². The predicted molar refractivity (Wildman–Crippen MR) is 164 cm³/mol. The van der Waals surface area contributed by atoms with Gasteiger partial charge in [-0.2, -0.15) is 13.2 Å². The molecule has 1 aromatic carbocycles. The molecule has 1 saturated carbocycles. The van der Waals surface area contributed by atoms with Crippen LogP contribution in [0.3, 0.4) is 0 Å². The number of halogens is 4. The lowest BCUT2D eigenvalue weighted by Crippen LogP contribution is -2.45. The van der Waals surface area contributed by atoms with Crippen molar-refractivity contribution in [3.8, 4) is 11.3 Å². The van der Waals surface area contributed by atoms with Crippen LogP contribution >= 0.6 is 15.9 Å². The number of nitrogens with one attached hydrogen (secondary N) is 2. The zero-order valence-corrected chi connectivity index (χ0v) is 27.4. The average Bonchev–Trinajstić information content (AvgIpc) is 3.43. The van der Waals surface area contributed by atoms with Gasteiger partial charge >= 0.3 is 12.3 Å². The van der Waals surface area contributed by atoms with Gasteiger partial charge < -0.3 is 24.7 Å². The smallest absolute Gasteiger partial charge is 0.419 e. The summed E-state index contributed by atoms with van der Waals surface area (Å²) in [6, 6.07) is 5.87. The Morgan fingerprint density at radius 3 is 2.55 bits per heavy atom. The van der Waals surface area contributed by atoms with Crippen molar-refractivity contribution >= 4 is 46.9 Å². The number of anilines is 1. The van der Waals surface area contributed by atoms with E-state index in [2.05, 4.69) is 56.2 Å². The molecule has 1 amide bonds. The summed E-state index contributed by atoms with van der Waals surface area (Å²) in [5, 5.41) is 6.67. The molecule has 0 radical (unpaired) electrons. The van der Waals surface area contributed by atoms with Crippen molar-refractivity contribution < 1.29 is 27.4 Å². The molecule has 1 fully saturated rings. The number of rotatable bonds is 9. The number of aromatic nitrogens is 3. The first-order valence-corrected chi connectivity index (χ1v) is 18.6. The van der Waals surface area contributed by atoms with Crippen molar-refractivity contribution in [2.24, 2.45) is 0 Å². The molecule has 4 rings (SSSR count). The van der Waals surface area contributed by atoms with Crippen molar-refractivity contribution in [1.29, 1.82) is 0 Å². The van der Waals surface area contributed by atoms with Gasteiger partial charge in [-0.3, -0.25) is 0 Å². The summed E-state index contributed by atoms with van der Waals surface area (Å²) in [5.74, 6) is 0.0605. The summed E-state index contributed by atoms with van der Waals surface area (Å²) < 4.78 is 56.7. The van der Waals surface area contributed by atoms with Gasteiger partial charge in [0.2, 0.25) is 5.95 Å². The Morgan fingerprint density at radius 2 is 1.88 bits per heavy atom. The van der Waals surface area contributed by atoms with E-state index in [0.717, 1.165) is 28.7 Å². The van der Waals surface area contributed by atoms with Gasteiger partial charge in [0.15, 0.2) is 0 Å². The predicted octanol–water partition coefficient (Wildman–Crippen LogP) is 8.05. The monoisotopic (exact) mass is 669 g/mol. The second-order valence-electron chi connectivity index (χ2n) is 12.9. The maximum atomic E-state index is 14.2. The molecule has 2 heterocycles. The third kappa shape index (κ3) is 8.47. The Kier molecular flexibility index (Phi) is 9.63. The van der Waals surface area contributed by atoms with Gasteiger partial charge in [-0.15, -0.1) is 0 Å². The van der Waals surface area contributed by atoms with Crippen LogP contribution in [-0.4, -0.2) is 53.0 Å². The van der Waals surface area contributed by atoms with Gasteiger partial charge in [0, 0.05) is 48.5 Å². The minimum absolute atomic E-state index is 0.0605. The fraction of sp³-hybridized carbons (Fsp3) is 0.552. The quantitative estimate of drug-likeness (QED) is 0.177. The number of hydrogen-bond acceptors (Lipinski definition) is 6. The minimum atomic E-state index is -4.67. The average molecular weight is 671 g/mol. The fourth-order valence-electron chi connectivity index (χ4n) is 4.90. The molecule has 1 aliphatic rings. The van der Waals surface area contributed by atoms with E-state index < -0.39 is 31.5 Å². The van der Waals surface area contributed by atoms with Crippen LogP contribution in [-0.2, 0) is 22.4 Å². The standard InChI is InChI=1S/C29H39BrF3N5O3Si/c1-28(2,3)41-27(39)36-23-9-7-8-22(23)35-26-34-15-21(29(31,32)33)25(37-26)20-16-38(17-40-12-13-42(4,5)6)24-14-18(30)10-11-19(20)24/h10-11,14-16,22-23H,7-9,12-13,17H2,1-6H3,(H,36,39)(H,34,35,37)/t22-,23?/m0/s1. The Labute approximate surface area is 253 Å². The van der Waals surface area contributed by atoms with Crippen LogP contribution in [0.5, 0.6) is 0 Å². The zero-order valence-electron chi connectivity index (χ0n) is 24.9. The molecule has 0 spiro atoms. The summed E-state index contributed by atoms with van der Waals surface area (Å²) in [7, 11) is -1.30. The van der Waals surface area contributed by atoms with E-state index in [-0.39, 0.29) is 30.5 Å². The van der Waals surface area contributed by atoms with Gasteiger partial charge in [0.1, 0.15) is 17.9 Å². The lowest BCUT2D eigenvalue weighted by molar-refractivity contribution is -0.137. The van der Waals surface area contributed by atoms with Crippen molar-refractivity contribution in [3.63, 3.8) is 0 Å². The molecule has 42 heavy (non-hydrogen) atoms. The van der Waals surface area contributed by atoms with Crippen LogP contribution < -0.4 is 10.6 Å². The summed E-state index contributed by atoms with van der Waals surface area (Å²) >= 11 is 3.48. The SMILES string of the molecule is CC(C)(C)OC(=O)NC1CCC[C@@H]1Nc1ncc(C(F)(F)F)c(-c2cn(COCC[Si](C)(C)C)c3cc(Br)ccc23)n1. The number of ether oxygens (including phenoxy) is 2. The molecule has 2 aromatic heterocycles. The molecule has 1 unspecified atom stereocenters. The zero-order chi connectivity index (χ0) is 30.9. The second kappa shape index (κ2) is 12.5. The molecule has 1 aliphatic carbocycles. The van der Waals surface area contributed by atoms with Crippen molar-refractivity contribution in [2.45, 2.75) is 96.3 Å². The lowest BCUT2D eigenvalue weighted by atomic mass is 10.1. The van der Waals surface area contributed by atoms with Crippen LogP contribution in [0.2, 0.25) is 25.7 Å². The number of amides is 1. The molecule has 2 N–H and O–H groups in total. The van der Waals surface area contributed by atoms with E-state index in [9.17, 15) is 18.0 Å².